The number of hydrogen-bond donors (Lipinski definition) is 1. The van der Waals surface area contributed by atoms with E-state index >= 15 is 0 Å². The zero-order valence-electron chi connectivity index (χ0n) is 12.4. The topological polar surface area (TPSA) is 35.2 Å². The second-order valence-electron chi connectivity index (χ2n) is 6.13. The predicted molar refractivity (Wildman–Crippen MR) is 80.6 cm³/mol. The van der Waals surface area contributed by atoms with Gasteiger partial charge in [0.25, 0.3) is 0 Å². The highest BCUT2D eigenvalue weighted by molar-refractivity contribution is 5.30. The van der Waals surface area contributed by atoms with Gasteiger partial charge in [0.1, 0.15) is 11.9 Å². The average molecular weight is 261 g/mol. The molecule has 0 amide bonds. The Bertz CT molecular complexity index is 402. The summed E-state index contributed by atoms with van der Waals surface area (Å²) in [4.78, 5) is 0. The van der Waals surface area contributed by atoms with E-state index < -0.39 is 0 Å². The summed E-state index contributed by atoms with van der Waals surface area (Å²) < 4.78 is 6.17. The molecule has 1 fully saturated rings. The third-order valence-corrected chi connectivity index (χ3v) is 4.34. The van der Waals surface area contributed by atoms with Gasteiger partial charge in [-0.05, 0) is 48.8 Å². The van der Waals surface area contributed by atoms with Crippen molar-refractivity contribution in [3.05, 3.63) is 29.8 Å². The Balaban J connectivity index is 2.04. The quantitative estimate of drug-likeness (QED) is 0.885. The van der Waals surface area contributed by atoms with Gasteiger partial charge in [0.2, 0.25) is 0 Å². The Morgan fingerprint density at radius 1 is 1.32 bits per heavy atom. The lowest BCUT2D eigenvalue weighted by Crippen LogP contribution is -2.43. The van der Waals surface area contributed by atoms with Crippen LogP contribution in [0.1, 0.15) is 57.9 Å². The minimum atomic E-state index is 0.182. The first-order chi connectivity index (χ1) is 9.10. The van der Waals surface area contributed by atoms with Crippen molar-refractivity contribution in [1.82, 2.24) is 0 Å². The van der Waals surface area contributed by atoms with Crippen molar-refractivity contribution in [2.24, 2.45) is 11.7 Å². The molecular weight excluding hydrogens is 234 g/mol. The van der Waals surface area contributed by atoms with E-state index in [0.29, 0.717) is 5.92 Å². The third-order valence-electron chi connectivity index (χ3n) is 4.34. The Morgan fingerprint density at radius 3 is 2.79 bits per heavy atom. The number of ether oxygens (including phenoxy) is 1. The van der Waals surface area contributed by atoms with Gasteiger partial charge in [-0.1, -0.05) is 39.3 Å². The molecule has 1 saturated carbocycles. The van der Waals surface area contributed by atoms with Gasteiger partial charge < -0.3 is 10.5 Å². The van der Waals surface area contributed by atoms with Crippen molar-refractivity contribution in [2.75, 3.05) is 0 Å². The van der Waals surface area contributed by atoms with Crippen LogP contribution < -0.4 is 10.5 Å². The summed E-state index contributed by atoms with van der Waals surface area (Å²) in [6.07, 6.45) is 4.86. The zero-order valence-corrected chi connectivity index (χ0v) is 12.4. The molecule has 0 radical (unpaired) electrons. The minimum absolute atomic E-state index is 0.182. The maximum Gasteiger partial charge on any atom is 0.120 e. The SMILES string of the molecule is CCC1CCC(N)C(Oc2cccc(C(C)C)c2)C1. The summed E-state index contributed by atoms with van der Waals surface area (Å²) in [5, 5.41) is 0. The molecule has 1 aliphatic rings. The van der Waals surface area contributed by atoms with E-state index in [9.17, 15) is 0 Å². The Morgan fingerprint density at radius 2 is 2.11 bits per heavy atom. The van der Waals surface area contributed by atoms with Crippen LogP contribution in [-0.4, -0.2) is 12.1 Å². The van der Waals surface area contributed by atoms with E-state index in [2.05, 4.69) is 39.0 Å². The Kier molecular flexibility index (Phi) is 4.87. The molecule has 2 rings (SSSR count). The highest BCUT2D eigenvalue weighted by atomic mass is 16.5. The molecule has 0 heterocycles. The van der Waals surface area contributed by atoms with Crippen LogP contribution in [0.4, 0.5) is 0 Å². The van der Waals surface area contributed by atoms with Gasteiger partial charge in [0.15, 0.2) is 0 Å². The van der Waals surface area contributed by atoms with Crippen molar-refractivity contribution in [2.45, 2.75) is 64.5 Å². The minimum Gasteiger partial charge on any atom is -0.489 e. The molecule has 0 aliphatic heterocycles. The Labute approximate surface area is 117 Å². The molecule has 3 unspecified atom stereocenters. The van der Waals surface area contributed by atoms with Gasteiger partial charge in [0, 0.05) is 6.04 Å². The molecule has 106 valence electrons. The van der Waals surface area contributed by atoms with Crippen molar-refractivity contribution >= 4 is 0 Å². The largest absolute Gasteiger partial charge is 0.489 e. The second kappa shape index (κ2) is 6.42. The van der Waals surface area contributed by atoms with Gasteiger partial charge in [-0.15, -0.1) is 0 Å². The highest BCUT2D eigenvalue weighted by Crippen LogP contribution is 2.30. The van der Waals surface area contributed by atoms with Gasteiger partial charge in [-0.2, -0.15) is 0 Å². The van der Waals surface area contributed by atoms with Gasteiger partial charge >= 0.3 is 0 Å². The normalized spacial score (nSPS) is 27.5. The molecule has 1 aromatic carbocycles. The molecule has 19 heavy (non-hydrogen) atoms. The first-order valence-corrected chi connectivity index (χ1v) is 7.62. The van der Waals surface area contributed by atoms with E-state index in [1.807, 2.05) is 6.07 Å². The lowest BCUT2D eigenvalue weighted by Gasteiger charge is -2.34. The van der Waals surface area contributed by atoms with Crippen LogP contribution >= 0.6 is 0 Å². The van der Waals surface area contributed by atoms with Crippen molar-refractivity contribution in [3.8, 4) is 5.75 Å². The summed E-state index contributed by atoms with van der Waals surface area (Å²) in [7, 11) is 0. The van der Waals surface area contributed by atoms with Crippen LogP contribution in [0.25, 0.3) is 0 Å². The lowest BCUT2D eigenvalue weighted by molar-refractivity contribution is 0.101. The third kappa shape index (κ3) is 3.73. The molecule has 1 aliphatic carbocycles. The fraction of sp³-hybridized carbons (Fsp3) is 0.647. The molecule has 0 spiro atoms. The average Bonchev–Trinajstić information content (AvgIpc) is 2.41. The van der Waals surface area contributed by atoms with E-state index in [1.165, 1.54) is 18.4 Å². The fourth-order valence-electron chi connectivity index (χ4n) is 2.86. The molecule has 0 saturated heterocycles. The van der Waals surface area contributed by atoms with Crippen LogP contribution in [0.5, 0.6) is 5.75 Å². The predicted octanol–water partition coefficient (Wildman–Crippen LogP) is 4.09. The van der Waals surface area contributed by atoms with Crippen LogP contribution in [0, 0.1) is 5.92 Å². The van der Waals surface area contributed by atoms with Crippen LogP contribution in [-0.2, 0) is 0 Å². The smallest absolute Gasteiger partial charge is 0.120 e. The van der Waals surface area contributed by atoms with Crippen molar-refractivity contribution in [1.29, 1.82) is 0 Å². The van der Waals surface area contributed by atoms with E-state index in [4.69, 9.17) is 10.5 Å². The van der Waals surface area contributed by atoms with E-state index in [-0.39, 0.29) is 12.1 Å². The number of benzene rings is 1. The van der Waals surface area contributed by atoms with Crippen molar-refractivity contribution < 1.29 is 4.74 Å². The lowest BCUT2D eigenvalue weighted by atomic mass is 9.83. The van der Waals surface area contributed by atoms with Crippen molar-refractivity contribution in [3.63, 3.8) is 0 Å². The zero-order chi connectivity index (χ0) is 13.8. The molecular formula is C17H27NO. The maximum absolute atomic E-state index is 6.22. The molecule has 0 aromatic heterocycles. The first kappa shape index (κ1) is 14.4. The van der Waals surface area contributed by atoms with Gasteiger partial charge in [-0.25, -0.2) is 0 Å². The summed E-state index contributed by atoms with van der Waals surface area (Å²) in [6, 6.07) is 8.63. The molecule has 2 heteroatoms. The summed E-state index contributed by atoms with van der Waals surface area (Å²) in [5.41, 5.74) is 7.54. The van der Waals surface area contributed by atoms with Crippen LogP contribution in [0.15, 0.2) is 24.3 Å². The van der Waals surface area contributed by atoms with Gasteiger partial charge in [-0.3, -0.25) is 0 Å². The number of rotatable bonds is 4. The highest BCUT2D eigenvalue weighted by Gasteiger charge is 2.28. The number of nitrogens with two attached hydrogens (primary N) is 1. The maximum atomic E-state index is 6.22. The molecule has 0 bridgehead atoms. The summed E-state index contributed by atoms with van der Waals surface area (Å²) in [6.45, 7) is 6.68. The van der Waals surface area contributed by atoms with Crippen LogP contribution in [0.3, 0.4) is 0 Å². The second-order valence-corrected chi connectivity index (χ2v) is 6.13. The molecule has 1 aromatic rings. The fourth-order valence-corrected chi connectivity index (χ4v) is 2.86. The molecule has 2 N–H and O–H groups in total. The molecule has 2 nitrogen and oxygen atoms in total. The van der Waals surface area contributed by atoms with E-state index in [0.717, 1.165) is 24.5 Å². The Hall–Kier alpha value is -1.02. The summed E-state index contributed by atoms with van der Waals surface area (Å²) in [5.74, 6) is 2.29. The van der Waals surface area contributed by atoms with E-state index in [1.54, 1.807) is 0 Å². The summed E-state index contributed by atoms with van der Waals surface area (Å²) >= 11 is 0. The van der Waals surface area contributed by atoms with Crippen LogP contribution in [0.2, 0.25) is 0 Å². The van der Waals surface area contributed by atoms with Gasteiger partial charge in [0.05, 0.1) is 0 Å². The monoisotopic (exact) mass is 261 g/mol. The first-order valence-electron chi connectivity index (χ1n) is 7.62. The standard InChI is InChI=1S/C17H27NO/c1-4-13-8-9-16(18)17(10-13)19-15-7-5-6-14(11-15)12(2)3/h5-7,11-13,16-17H,4,8-10,18H2,1-3H3. The number of hydrogen-bond acceptors (Lipinski definition) is 2. The molecule has 3 atom stereocenters.